The van der Waals surface area contributed by atoms with Crippen molar-refractivity contribution >= 4 is 42.5 Å². The van der Waals surface area contributed by atoms with Gasteiger partial charge in [0.25, 0.3) is 0 Å². The number of aromatic nitrogens is 4. The molecule has 5 aliphatic heterocycles. The van der Waals surface area contributed by atoms with Gasteiger partial charge in [-0.15, -0.1) is 0 Å². The van der Waals surface area contributed by atoms with E-state index < -0.39 is 7.32 Å². The van der Waals surface area contributed by atoms with Gasteiger partial charge in [-0.05, 0) is 129 Å². The molecule has 0 spiro atoms. The molecule has 5 aliphatic rings. The van der Waals surface area contributed by atoms with Crippen molar-refractivity contribution in [2.75, 3.05) is 46.8 Å². The smallest absolute Gasteiger partial charge is 0.399 e. The Morgan fingerprint density at radius 2 is 1.13 bits per heavy atom. The van der Waals surface area contributed by atoms with E-state index in [4.69, 9.17) is 47.0 Å². The summed E-state index contributed by atoms with van der Waals surface area (Å²) in [5, 5.41) is 8.56. The Morgan fingerprint density at radius 1 is 0.667 bits per heavy atom. The zero-order chi connectivity index (χ0) is 39.2. The van der Waals surface area contributed by atoms with Gasteiger partial charge in [0.2, 0.25) is 0 Å². The van der Waals surface area contributed by atoms with Crippen LogP contribution in [-0.2, 0) is 60.0 Å². The Morgan fingerprint density at radius 3 is 1.52 bits per heavy atom. The van der Waals surface area contributed by atoms with Crippen molar-refractivity contribution in [2.24, 2.45) is 0 Å². The molecule has 0 saturated carbocycles. The average Bonchev–Trinajstić information content (AvgIpc) is 3.97. The third-order valence-electron chi connectivity index (χ3n) is 10.6. The number of halogens is 1. The summed E-state index contributed by atoms with van der Waals surface area (Å²) < 4.78 is 60.2. The Bertz CT molecular complexity index is 1310. The second kappa shape index (κ2) is 21.6. The monoisotopic (exact) mass is 874 g/mol. The maximum Gasteiger partial charge on any atom is 0.640 e. The molecule has 2 atom stereocenters. The van der Waals surface area contributed by atoms with Gasteiger partial charge in [-0.1, -0.05) is 0 Å². The lowest BCUT2D eigenvalue weighted by Crippen LogP contribution is -2.41. The lowest BCUT2D eigenvalue weighted by Gasteiger charge is -2.32. The Hall–Kier alpha value is -1.12. The zero-order valence-electron chi connectivity index (χ0n) is 34.2. The van der Waals surface area contributed by atoms with Crippen LogP contribution in [0.3, 0.4) is 0 Å². The maximum atomic E-state index is 6.04. The van der Waals surface area contributed by atoms with Gasteiger partial charge in [0.15, 0.2) is 12.6 Å². The molecule has 5 saturated heterocycles. The maximum absolute atomic E-state index is 6.04. The Balaban J connectivity index is 0.000000180. The average molecular weight is 874 g/mol. The molecule has 14 nitrogen and oxygen atoms in total. The molecular weight excluding hydrogens is 809 g/mol. The lowest BCUT2D eigenvalue weighted by molar-refractivity contribution is -0.164. The molecule has 0 amide bonds. The molecule has 0 aliphatic carbocycles. The van der Waals surface area contributed by atoms with E-state index in [1.165, 1.54) is 25.7 Å². The predicted octanol–water partition coefficient (Wildman–Crippen LogP) is 5.77. The molecule has 306 valence electrons. The number of nitrogens with zero attached hydrogens (tertiary/aromatic N) is 4. The summed E-state index contributed by atoms with van der Waals surface area (Å²) in [5.74, 6) is 0. The van der Waals surface area contributed by atoms with E-state index in [1.807, 2.05) is 55.6 Å². The minimum absolute atomic E-state index is 0.00776. The Kier molecular flexibility index (Phi) is 18.2. The fourth-order valence-corrected chi connectivity index (χ4v) is 6.15. The van der Waals surface area contributed by atoms with Crippen LogP contribution in [0.2, 0.25) is 0 Å². The van der Waals surface area contributed by atoms with Crippen molar-refractivity contribution in [2.45, 2.75) is 155 Å². The summed E-state index contributed by atoms with van der Waals surface area (Å²) >= 11 is 2.25. The molecule has 2 aromatic rings. The van der Waals surface area contributed by atoms with Crippen LogP contribution in [0, 0.1) is 3.57 Å². The largest absolute Gasteiger partial charge is 0.640 e. The highest BCUT2D eigenvalue weighted by molar-refractivity contribution is 14.1. The quantitative estimate of drug-likeness (QED) is 0.212. The van der Waals surface area contributed by atoms with E-state index in [1.54, 1.807) is 13.3 Å². The number of hydrogen-bond donors (Lipinski definition) is 0. The first-order chi connectivity index (χ1) is 25.6. The van der Waals surface area contributed by atoms with Crippen molar-refractivity contribution in [3.63, 3.8) is 0 Å². The van der Waals surface area contributed by atoms with Crippen LogP contribution in [0.25, 0.3) is 0 Å². The third kappa shape index (κ3) is 14.4. The van der Waals surface area contributed by atoms with Crippen LogP contribution in [0.1, 0.15) is 107 Å². The minimum Gasteiger partial charge on any atom is -0.399 e. The van der Waals surface area contributed by atoms with Crippen LogP contribution in [0.4, 0.5) is 0 Å². The summed E-state index contributed by atoms with van der Waals surface area (Å²) in [5.41, 5.74) is -0.290. The van der Waals surface area contributed by atoms with Gasteiger partial charge in [-0.25, -0.2) is 0 Å². The first-order valence-electron chi connectivity index (χ1n) is 19.6. The highest BCUT2D eigenvalue weighted by atomic mass is 127. The van der Waals surface area contributed by atoms with Gasteiger partial charge >= 0.3 is 14.4 Å². The normalized spacial score (nSPS) is 25.2. The van der Waals surface area contributed by atoms with Crippen molar-refractivity contribution < 1.29 is 47.0 Å². The van der Waals surface area contributed by atoms with E-state index in [0.717, 1.165) is 67.7 Å². The van der Waals surface area contributed by atoms with Gasteiger partial charge in [0, 0.05) is 57.6 Å². The van der Waals surface area contributed by atoms with Gasteiger partial charge in [0.1, 0.15) is 0 Å². The highest BCUT2D eigenvalue weighted by Crippen LogP contribution is 2.37. The molecule has 17 heteroatoms. The summed E-state index contributed by atoms with van der Waals surface area (Å²) in [6.45, 7) is 22.6. The molecule has 54 heavy (non-hydrogen) atoms. The second-order valence-electron chi connectivity index (χ2n) is 16.0. The highest BCUT2D eigenvalue weighted by Gasteiger charge is 2.53. The van der Waals surface area contributed by atoms with Crippen molar-refractivity contribution in [1.82, 2.24) is 19.6 Å². The molecular formula is C37H65B2IN4O10. The number of rotatable bonds is 10. The van der Waals surface area contributed by atoms with Crippen molar-refractivity contribution in [3.8, 4) is 0 Å². The summed E-state index contributed by atoms with van der Waals surface area (Å²) in [4.78, 5) is 0. The van der Waals surface area contributed by atoms with E-state index in [9.17, 15) is 0 Å². The minimum atomic E-state index is -0.514. The van der Waals surface area contributed by atoms with E-state index >= 15 is 0 Å². The molecule has 7 heterocycles. The molecule has 0 bridgehead atoms. The van der Waals surface area contributed by atoms with E-state index in [0.29, 0.717) is 19.8 Å². The predicted molar refractivity (Wildman–Crippen MR) is 215 cm³/mol. The molecule has 0 radical (unpaired) electrons. The molecule has 2 aromatic heterocycles. The molecule has 7 rings (SSSR count). The van der Waals surface area contributed by atoms with Gasteiger partial charge in [-0.2, -0.15) is 10.2 Å². The molecule has 0 aromatic carbocycles. The summed E-state index contributed by atoms with van der Waals surface area (Å²) in [7, 11) is 0.693. The second-order valence-corrected chi connectivity index (χ2v) is 17.2. The van der Waals surface area contributed by atoms with Crippen LogP contribution in [0.15, 0.2) is 24.8 Å². The van der Waals surface area contributed by atoms with Crippen LogP contribution < -0.4 is 5.46 Å². The van der Waals surface area contributed by atoms with Crippen molar-refractivity contribution in [3.05, 3.63) is 28.4 Å². The van der Waals surface area contributed by atoms with Gasteiger partial charge < -0.3 is 47.0 Å². The van der Waals surface area contributed by atoms with Crippen molar-refractivity contribution in [1.29, 1.82) is 0 Å². The first kappa shape index (κ1) is 45.6. The first-order valence-corrected chi connectivity index (χ1v) is 20.7. The topological polar surface area (TPSA) is 128 Å². The SMILES string of the molecule is C1CCOC1.CC1(C)OB(c2cnn(CCOC3CCCCO3)c2)OC1(C)C.COB1OC(C)(C)C(C)(C)O1.Ic1cnn(CCOC2CCCCO2)c1. The third-order valence-corrected chi connectivity index (χ3v) is 11.1. The van der Waals surface area contributed by atoms with Crippen LogP contribution in [-0.4, -0.2) is 116 Å². The Labute approximate surface area is 337 Å². The molecule has 2 unspecified atom stereocenters. The van der Waals surface area contributed by atoms with Crippen LogP contribution in [0.5, 0.6) is 0 Å². The van der Waals surface area contributed by atoms with E-state index in [2.05, 4.69) is 60.5 Å². The van der Waals surface area contributed by atoms with Gasteiger partial charge in [-0.3, -0.25) is 9.36 Å². The van der Waals surface area contributed by atoms with E-state index in [-0.39, 0.29) is 42.1 Å². The number of ether oxygens (including phenoxy) is 5. The zero-order valence-corrected chi connectivity index (χ0v) is 36.3. The fraction of sp³-hybridized carbons (Fsp3) is 0.838. The number of hydrogen-bond acceptors (Lipinski definition) is 12. The summed E-state index contributed by atoms with van der Waals surface area (Å²) in [6.07, 6.45) is 16.8. The lowest BCUT2D eigenvalue weighted by atomic mass is 9.82. The molecule has 0 N–H and O–H groups in total. The summed E-state index contributed by atoms with van der Waals surface area (Å²) in [6, 6.07) is 0. The van der Waals surface area contributed by atoms with Crippen LogP contribution >= 0.6 is 22.6 Å². The molecule has 5 fully saturated rings. The standard InChI is InChI=1S/C16H27BN2O4.C10H15IN2O2.C7H15BO3.C4H8O/c1-15(2)16(3,4)23-17(22-15)13-11-18-19(12-13)8-10-21-14-7-5-6-9-20-14;11-9-7-12-13(8-9)4-6-15-10-3-1-2-5-14-10;1-6(2)7(3,4)11-8(9-5)10-6;1-2-4-5-3-1/h11-12,14H,5-10H2,1-4H3;7-8,10H,1-6H2;1-5H3;1-4H2. The fourth-order valence-electron chi connectivity index (χ4n) is 5.70. The van der Waals surface area contributed by atoms with Gasteiger partial charge in [0.05, 0.1) is 58.5 Å².